The maximum Gasteiger partial charge on any atom is 0.232 e. The van der Waals surface area contributed by atoms with Crippen LogP contribution in [-0.2, 0) is 4.79 Å². The fourth-order valence-electron chi connectivity index (χ4n) is 4.32. The van der Waals surface area contributed by atoms with Crippen molar-refractivity contribution in [2.75, 3.05) is 6.54 Å². The van der Waals surface area contributed by atoms with Gasteiger partial charge in [0.2, 0.25) is 5.91 Å². The summed E-state index contributed by atoms with van der Waals surface area (Å²) >= 11 is 6.47. The molecule has 2 aliphatic heterocycles. The normalized spacial score (nSPS) is 26.1. The van der Waals surface area contributed by atoms with Gasteiger partial charge in [0, 0.05) is 29.1 Å². The molecule has 2 fully saturated rings. The predicted molar refractivity (Wildman–Crippen MR) is 97.2 cm³/mol. The third kappa shape index (κ3) is 2.61. The van der Waals surface area contributed by atoms with Crippen molar-refractivity contribution >= 4 is 23.2 Å². The van der Waals surface area contributed by atoms with Crippen LogP contribution in [0.3, 0.4) is 0 Å². The highest BCUT2D eigenvalue weighted by molar-refractivity contribution is 6.31. The van der Waals surface area contributed by atoms with Crippen molar-refractivity contribution in [2.45, 2.75) is 24.8 Å². The third-order valence-electron chi connectivity index (χ3n) is 5.36. The van der Waals surface area contributed by atoms with Gasteiger partial charge in [0.25, 0.3) is 0 Å². The number of carbonyl (C=O) groups excluding carboxylic acids is 1. The van der Waals surface area contributed by atoms with E-state index < -0.39 is 5.92 Å². The van der Waals surface area contributed by atoms with Gasteiger partial charge >= 0.3 is 0 Å². The standard InChI is InChI=1S/C20H19ClN2O2/c21-15-10-5-4-9-14(15)17-16-11-6-12-23(16)20(24)18(17)19(22-25)13-7-2-1-3-8-13/h1-5,7-10,16-18,25H,6,11-12H2/b22-19+/t16?,17-,18-/m1/s1. The lowest BCUT2D eigenvalue weighted by molar-refractivity contribution is -0.129. The number of benzene rings is 2. The van der Waals surface area contributed by atoms with E-state index in [9.17, 15) is 10.0 Å². The second kappa shape index (κ2) is 6.52. The number of fused-ring (bicyclic) bond motifs is 1. The zero-order valence-corrected chi connectivity index (χ0v) is 14.4. The highest BCUT2D eigenvalue weighted by Crippen LogP contribution is 2.47. The average Bonchev–Trinajstić information content (AvgIpc) is 3.21. The van der Waals surface area contributed by atoms with E-state index in [1.807, 2.05) is 59.5 Å². The van der Waals surface area contributed by atoms with Crippen LogP contribution in [0.15, 0.2) is 59.8 Å². The van der Waals surface area contributed by atoms with Crippen molar-refractivity contribution in [3.63, 3.8) is 0 Å². The number of amides is 1. The van der Waals surface area contributed by atoms with Gasteiger partial charge in [-0.3, -0.25) is 4.79 Å². The Balaban J connectivity index is 1.84. The molecule has 2 aromatic rings. The first kappa shape index (κ1) is 16.2. The zero-order valence-electron chi connectivity index (χ0n) is 13.7. The summed E-state index contributed by atoms with van der Waals surface area (Å²) in [7, 11) is 0. The van der Waals surface area contributed by atoms with E-state index >= 15 is 0 Å². The molecule has 4 nitrogen and oxygen atoms in total. The van der Waals surface area contributed by atoms with Crippen LogP contribution in [0.4, 0.5) is 0 Å². The number of rotatable bonds is 3. The Morgan fingerprint density at radius 3 is 2.56 bits per heavy atom. The van der Waals surface area contributed by atoms with Crippen molar-refractivity contribution in [2.24, 2.45) is 11.1 Å². The second-order valence-corrected chi connectivity index (χ2v) is 7.02. The molecule has 0 saturated carbocycles. The molecule has 2 aliphatic rings. The molecular weight excluding hydrogens is 336 g/mol. The fraction of sp³-hybridized carbons (Fsp3) is 0.300. The van der Waals surface area contributed by atoms with Crippen LogP contribution < -0.4 is 0 Å². The van der Waals surface area contributed by atoms with Crippen molar-refractivity contribution in [3.8, 4) is 0 Å². The average molecular weight is 355 g/mol. The minimum atomic E-state index is -0.516. The Labute approximate surface area is 151 Å². The molecule has 128 valence electrons. The van der Waals surface area contributed by atoms with Gasteiger partial charge in [-0.05, 0) is 24.5 Å². The molecule has 1 N–H and O–H groups in total. The molecule has 0 bridgehead atoms. The first-order valence-corrected chi connectivity index (χ1v) is 8.92. The van der Waals surface area contributed by atoms with Crippen LogP contribution in [-0.4, -0.2) is 34.3 Å². The minimum absolute atomic E-state index is 0.0315. The molecule has 0 spiro atoms. The summed E-state index contributed by atoms with van der Waals surface area (Å²) in [5.41, 5.74) is 2.14. The van der Waals surface area contributed by atoms with Crippen LogP contribution in [0.2, 0.25) is 5.02 Å². The van der Waals surface area contributed by atoms with E-state index in [1.54, 1.807) is 0 Å². The number of carbonyl (C=O) groups is 1. The second-order valence-electron chi connectivity index (χ2n) is 6.62. The van der Waals surface area contributed by atoms with Gasteiger partial charge < -0.3 is 10.1 Å². The highest BCUT2D eigenvalue weighted by atomic mass is 35.5. The van der Waals surface area contributed by atoms with E-state index in [2.05, 4.69) is 5.16 Å². The summed E-state index contributed by atoms with van der Waals surface area (Å²) in [6.07, 6.45) is 1.95. The van der Waals surface area contributed by atoms with Crippen molar-refractivity contribution in [1.29, 1.82) is 0 Å². The predicted octanol–water partition coefficient (Wildman–Crippen LogP) is 3.92. The lowest BCUT2D eigenvalue weighted by Crippen LogP contribution is -2.31. The molecule has 2 saturated heterocycles. The van der Waals surface area contributed by atoms with Crippen LogP contribution >= 0.6 is 11.6 Å². The molecule has 0 aromatic heterocycles. The van der Waals surface area contributed by atoms with Crippen molar-refractivity contribution in [1.82, 2.24) is 4.90 Å². The Morgan fingerprint density at radius 1 is 1.12 bits per heavy atom. The van der Waals surface area contributed by atoms with Gasteiger partial charge in [-0.1, -0.05) is 65.3 Å². The maximum absolute atomic E-state index is 13.1. The number of nitrogens with zero attached hydrogens (tertiary/aromatic N) is 2. The van der Waals surface area contributed by atoms with E-state index in [-0.39, 0.29) is 17.9 Å². The minimum Gasteiger partial charge on any atom is -0.411 e. The quantitative estimate of drug-likeness (QED) is 0.516. The number of halogens is 1. The van der Waals surface area contributed by atoms with Gasteiger partial charge in [-0.25, -0.2) is 0 Å². The summed E-state index contributed by atoms with van der Waals surface area (Å²) in [6, 6.07) is 17.2. The lowest BCUT2D eigenvalue weighted by atomic mass is 9.78. The molecule has 5 heteroatoms. The zero-order chi connectivity index (χ0) is 17.4. The Kier molecular flexibility index (Phi) is 4.22. The van der Waals surface area contributed by atoms with Crippen molar-refractivity contribution < 1.29 is 10.0 Å². The third-order valence-corrected chi connectivity index (χ3v) is 5.70. The molecule has 0 radical (unpaired) electrons. The summed E-state index contributed by atoms with van der Waals surface area (Å²) in [6.45, 7) is 0.758. The summed E-state index contributed by atoms with van der Waals surface area (Å²) in [5, 5.41) is 13.9. The van der Waals surface area contributed by atoms with Gasteiger partial charge in [0.15, 0.2) is 0 Å². The molecular formula is C20H19ClN2O2. The fourth-order valence-corrected chi connectivity index (χ4v) is 4.58. The number of oxime groups is 1. The van der Waals surface area contributed by atoms with Crippen LogP contribution in [0.1, 0.15) is 29.9 Å². The molecule has 4 rings (SSSR count). The van der Waals surface area contributed by atoms with E-state index in [4.69, 9.17) is 11.6 Å². The summed E-state index contributed by atoms with van der Waals surface area (Å²) < 4.78 is 0. The topological polar surface area (TPSA) is 52.9 Å². The largest absolute Gasteiger partial charge is 0.411 e. The van der Waals surface area contributed by atoms with Gasteiger partial charge in [-0.2, -0.15) is 0 Å². The molecule has 0 aliphatic carbocycles. The van der Waals surface area contributed by atoms with Crippen LogP contribution in [0.25, 0.3) is 0 Å². The molecule has 1 amide bonds. The number of hydrogen-bond acceptors (Lipinski definition) is 3. The first-order valence-electron chi connectivity index (χ1n) is 8.54. The SMILES string of the molecule is O=C1[C@@H](/C(=N/O)c2ccccc2)[C@H](c2ccccc2Cl)C2CCCN12. The summed E-state index contributed by atoms with van der Waals surface area (Å²) in [5.74, 6) is -0.587. The molecule has 3 atom stereocenters. The monoisotopic (exact) mass is 354 g/mol. The molecule has 2 aromatic carbocycles. The Hall–Kier alpha value is -2.33. The highest BCUT2D eigenvalue weighted by Gasteiger charge is 2.53. The molecule has 1 unspecified atom stereocenters. The molecule has 2 heterocycles. The van der Waals surface area contributed by atoms with Gasteiger partial charge in [0.1, 0.15) is 0 Å². The summed E-state index contributed by atoms with van der Waals surface area (Å²) in [4.78, 5) is 15.1. The van der Waals surface area contributed by atoms with Gasteiger partial charge in [-0.15, -0.1) is 0 Å². The van der Waals surface area contributed by atoms with Crippen molar-refractivity contribution in [3.05, 3.63) is 70.7 Å². The van der Waals surface area contributed by atoms with Crippen LogP contribution in [0, 0.1) is 5.92 Å². The molecule has 25 heavy (non-hydrogen) atoms. The smallest absolute Gasteiger partial charge is 0.232 e. The van der Waals surface area contributed by atoms with Gasteiger partial charge in [0.05, 0.1) is 11.6 Å². The van der Waals surface area contributed by atoms with E-state index in [0.29, 0.717) is 10.7 Å². The first-order chi connectivity index (χ1) is 12.2. The Morgan fingerprint density at radius 2 is 1.84 bits per heavy atom. The lowest BCUT2D eigenvalue weighted by Gasteiger charge is -2.24. The maximum atomic E-state index is 13.1. The van der Waals surface area contributed by atoms with E-state index in [0.717, 1.165) is 30.5 Å². The number of hydrogen-bond donors (Lipinski definition) is 1. The Bertz CT molecular complexity index is 821. The van der Waals surface area contributed by atoms with Crippen LogP contribution in [0.5, 0.6) is 0 Å². The van der Waals surface area contributed by atoms with E-state index in [1.165, 1.54) is 0 Å².